The minimum Gasteiger partial charge on any atom is -0.497 e. The Kier molecular flexibility index (Phi) is 9.79. The molecule has 278 valence electrons. The van der Waals surface area contributed by atoms with Crippen molar-refractivity contribution >= 4 is 38.4 Å². The monoisotopic (exact) mass is 721 g/mol. The van der Waals surface area contributed by atoms with Gasteiger partial charge in [-0.1, -0.05) is 32.9 Å². The number of nitrogens with zero attached hydrogens (tertiary/aromatic N) is 3. The number of hydrogen-bond acceptors (Lipinski definition) is 9. The van der Waals surface area contributed by atoms with Crippen LogP contribution >= 0.6 is 0 Å². The highest BCUT2D eigenvalue weighted by molar-refractivity contribution is 7.91. The molecule has 2 aromatic rings. The highest BCUT2D eigenvalue weighted by Gasteiger charge is 2.63. The molecule has 0 bridgehead atoms. The molecule has 1 aromatic carbocycles. The average Bonchev–Trinajstić information content (AvgIpc) is 3.85. The van der Waals surface area contributed by atoms with Gasteiger partial charge in [-0.05, 0) is 106 Å². The van der Waals surface area contributed by atoms with Gasteiger partial charge in [-0.15, -0.1) is 0 Å². The first-order valence-electron chi connectivity index (χ1n) is 19.0. The smallest absolute Gasteiger partial charge is 0.259 e. The van der Waals surface area contributed by atoms with Gasteiger partial charge in [-0.25, -0.2) is 8.42 Å². The normalized spacial score (nSPS) is 32.6. The van der Waals surface area contributed by atoms with Crippen molar-refractivity contribution in [3.05, 3.63) is 36.4 Å². The molecule has 2 saturated carbocycles. The predicted molar refractivity (Wildman–Crippen MR) is 198 cm³/mol. The molecule has 4 heterocycles. The second-order valence-electron chi connectivity index (χ2n) is 16.5. The van der Waals surface area contributed by atoms with E-state index in [1.165, 1.54) is 0 Å². The van der Waals surface area contributed by atoms with Crippen LogP contribution in [0.15, 0.2) is 36.4 Å². The Morgan fingerprint density at radius 3 is 2.55 bits per heavy atom. The van der Waals surface area contributed by atoms with Crippen molar-refractivity contribution in [3.63, 3.8) is 0 Å². The average molecular weight is 722 g/mol. The SMILES string of the molecule is COc1ccc2c(OC3CC4C(=O)NC5(C(=O)NS(=O)(=O)C6(C)CC6)CC5C=CCCC(C)CC(C)C(C)CN4C3)nc(N3CCCC3)cc2c1. The van der Waals surface area contributed by atoms with E-state index in [1.807, 2.05) is 24.3 Å². The van der Waals surface area contributed by atoms with E-state index in [0.29, 0.717) is 62.4 Å². The number of rotatable bonds is 7. The van der Waals surface area contributed by atoms with Gasteiger partial charge in [0.25, 0.3) is 5.91 Å². The maximum absolute atomic E-state index is 14.4. The Hall–Kier alpha value is -3.38. The summed E-state index contributed by atoms with van der Waals surface area (Å²) in [5, 5.41) is 4.98. The predicted octanol–water partition coefficient (Wildman–Crippen LogP) is 5.19. The molecule has 0 radical (unpaired) electrons. The largest absolute Gasteiger partial charge is 0.497 e. The fraction of sp³-hybridized carbons (Fsp3) is 0.667. The number of carbonyl (C=O) groups is 2. The van der Waals surface area contributed by atoms with E-state index in [4.69, 9.17) is 14.5 Å². The van der Waals surface area contributed by atoms with Crippen molar-refractivity contribution in [2.45, 2.75) is 108 Å². The Morgan fingerprint density at radius 2 is 1.82 bits per heavy atom. The van der Waals surface area contributed by atoms with Crippen LogP contribution in [0.5, 0.6) is 11.6 Å². The molecular weight excluding hydrogens is 667 g/mol. The summed E-state index contributed by atoms with van der Waals surface area (Å²) >= 11 is 0. The lowest BCUT2D eigenvalue weighted by Crippen LogP contribution is -2.57. The minimum absolute atomic E-state index is 0.265. The molecular formula is C39H55N5O6S. The summed E-state index contributed by atoms with van der Waals surface area (Å²) in [6.07, 6.45) is 10.9. The molecule has 2 saturated heterocycles. The van der Waals surface area contributed by atoms with E-state index in [1.54, 1.807) is 14.0 Å². The molecule has 11 nitrogen and oxygen atoms in total. The van der Waals surface area contributed by atoms with Gasteiger partial charge in [0.1, 0.15) is 23.2 Å². The summed E-state index contributed by atoms with van der Waals surface area (Å²) in [7, 11) is -2.21. The summed E-state index contributed by atoms with van der Waals surface area (Å²) in [5.41, 5.74) is -1.30. The van der Waals surface area contributed by atoms with Crippen LogP contribution in [0.4, 0.5) is 5.82 Å². The van der Waals surface area contributed by atoms with Crippen LogP contribution in [0.25, 0.3) is 10.8 Å². The van der Waals surface area contributed by atoms with Crippen molar-refractivity contribution in [2.24, 2.45) is 23.7 Å². The van der Waals surface area contributed by atoms with Crippen LogP contribution in [-0.2, 0) is 19.6 Å². The Balaban J connectivity index is 1.18. The molecule has 51 heavy (non-hydrogen) atoms. The number of methoxy groups -OCH3 is 1. The fourth-order valence-electron chi connectivity index (χ4n) is 8.34. The van der Waals surface area contributed by atoms with Crippen LogP contribution < -0.4 is 24.4 Å². The molecule has 7 atom stereocenters. The number of hydrogen-bond donors (Lipinski definition) is 2. The third kappa shape index (κ3) is 7.32. The number of pyridine rings is 1. The van der Waals surface area contributed by atoms with Gasteiger partial charge in [0.15, 0.2) is 0 Å². The molecule has 3 aliphatic heterocycles. The quantitative estimate of drug-likeness (QED) is 0.372. The van der Waals surface area contributed by atoms with Gasteiger partial charge in [-0.3, -0.25) is 19.2 Å². The van der Waals surface area contributed by atoms with E-state index < -0.39 is 32.3 Å². The van der Waals surface area contributed by atoms with Crippen LogP contribution in [0, 0.1) is 23.7 Å². The number of ether oxygens (including phenoxy) is 2. The second kappa shape index (κ2) is 13.9. The molecule has 2 N–H and O–H groups in total. The summed E-state index contributed by atoms with van der Waals surface area (Å²) in [6, 6.07) is 7.45. The first-order valence-corrected chi connectivity index (χ1v) is 20.5. The van der Waals surface area contributed by atoms with Gasteiger partial charge in [0.2, 0.25) is 21.8 Å². The van der Waals surface area contributed by atoms with Crippen LogP contribution in [0.3, 0.4) is 0 Å². The van der Waals surface area contributed by atoms with Crippen molar-refractivity contribution < 1.29 is 27.5 Å². The second-order valence-corrected chi connectivity index (χ2v) is 18.7. The highest BCUT2D eigenvalue weighted by Crippen LogP contribution is 2.48. The van der Waals surface area contributed by atoms with Crippen LogP contribution in [0.2, 0.25) is 0 Å². The third-order valence-corrected chi connectivity index (χ3v) is 14.6. The Labute approximate surface area is 302 Å². The minimum atomic E-state index is -3.87. The molecule has 4 fully saturated rings. The Bertz CT molecular complexity index is 1790. The molecule has 2 amide bonds. The zero-order chi connectivity index (χ0) is 36.1. The molecule has 7 rings (SSSR count). The standard InChI is InChI=1S/C39H55N5O6S/c1-25-10-6-7-11-29-22-39(29,37(46)42-51(47,48)38(4)14-15-38)41-35(45)33-21-31(24-44(33)23-27(3)26(2)18-25)50-36-32-13-12-30(49-5)19-28(32)20-34(40-36)43-16-8-9-17-43/h7,11-13,19-20,25-27,29,31,33H,6,8-10,14-18,21-24H2,1-5H3,(H,41,45)(H,42,46). The summed E-state index contributed by atoms with van der Waals surface area (Å²) in [5.74, 6) is 2.31. The number of sulfonamides is 1. The van der Waals surface area contributed by atoms with Gasteiger partial charge in [0.05, 0.1) is 17.9 Å². The number of fused-ring (bicyclic) bond motifs is 3. The number of amides is 2. The molecule has 0 spiro atoms. The van der Waals surface area contributed by atoms with E-state index >= 15 is 0 Å². The summed E-state index contributed by atoms with van der Waals surface area (Å²) in [6.45, 7) is 11.7. The van der Waals surface area contributed by atoms with Gasteiger partial charge in [-0.2, -0.15) is 4.98 Å². The lowest BCUT2D eigenvalue weighted by atomic mass is 9.85. The lowest BCUT2D eigenvalue weighted by molar-refractivity contribution is -0.132. The van der Waals surface area contributed by atoms with Crippen molar-refractivity contribution in [1.82, 2.24) is 19.9 Å². The van der Waals surface area contributed by atoms with E-state index in [9.17, 15) is 18.0 Å². The van der Waals surface area contributed by atoms with Crippen LogP contribution in [-0.4, -0.2) is 85.8 Å². The number of carbonyl (C=O) groups excluding carboxylic acids is 2. The molecule has 12 heteroatoms. The van der Waals surface area contributed by atoms with E-state index in [0.717, 1.165) is 67.5 Å². The number of benzene rings is 1. The molecule has 1 aromatic heterocycles. The highest BCUT2D eigenvalue weighted by atomic mass is 32.2. The number of aromatic nitrogens is 1. The maximum Gasteiger partial charge on any atom is 0.259 e. The lowest BCUT2D eigenvalue weighted by Gasteiger charge is -2.31. The van der Waals surface area contributed by atoms with Gasteiger partial charge in [0, 0.05) is 43.9 Å². The zero-order valence-electron chi connectivity index (χ0n) is 30.8. The van der Waals surface area contributed by atoms with Gasteiger partial charge < -0.3 is 19.7 Å². The third-order valence-electron chi connectivity index (χ3n) is 12.4. The van der Waals surface area contributed by atoms with E-state index in [2.05, 4.69) is 52.8 Å². The summed E-state index contributed by atoms with van der Waals surface area (Å²) < 4.78 is 40.0. The van der Waals surface area contributed by atoms with Crippen molar-refractivity contribution in [1.29, 1.82) is 0 Å². The molecule has 7 unspecified atom stereocenters. The number of nitrogens with one attached hydrogen (secondary N) is 2. The first-order chi connectivity index (χ1) is 24.3. The number of anilines is 1. The summed E-state index contributed by atoms with van der Waals surface area (Å²) in [4.78, 5) is 37.8. The zero-order valence-corrected chi connectivity index (χ0v) is 31.6. The van der Waals surface area contributed by atoms with Crippen LogP contribution in [0.1, 0.15) is 85.5 Å². The van der Waals surface area contributed by atoms with Gasteiger partial charge >= 0.3 is 0 Å². The Morgan fingerprint density at radius 1 is 1.06 bits per heavy atom. The molecule has 5 aliphatic rings. The number of allylic oxidation sites excluding steroid dienone is 1. The fourth-order valence-corrected chi connectivity index (χ4v) is 9.65. The van der Waals surface area contributed by atoms with Crippen molar-refractivity contribution in [3.8, 4) is 11.6 Å². The topological polar surface area (TPSA) is 130 Å². The van der Waals surface area contributed by atoms with E-state index in [-0.39, 0.29) is 17.9 Å². The maximum atomic E-state index is 14.4. The molecule has 2 aliphatic carbocycles. The first kappa shape index (κ1) is 36.0. The van der Waals surface area contributed by atoms with Crippen molar-refractivity contribution in [2.75, 3.05) is 38.2 Å².